The Balaban J connectivity index is 1.22. The molecule has 0 radical (unpaired) electrons. The average molecular weight is 636 g/mol. The Labute approximate surface area is 281 Å². The molecule has 1 aliphatic rings. The van der Waals surface area contributed by atoms with Gasteiger partial charge in [-0.05, 0) is 86.2 Å². The smallest absolute Gasteiger partial charge is 0.114 e. The molecule has 0 spiro atoms. The molecule has 0 fully saturated rings. The maximum atomic E-state index is 2.52. The Morgan fingerprint density at radius 1 is 0.447 bits per heavy atom. The third-order valence-electron chi connectivity index (χ3n) is 9.87. The fraction of sp³-hybridized carbons (Fsp3) is 0.0455. The van der Waals surface area contributed by atoms with Crippen molar-refractivity contribution >= 4 is 67.0 Å². The topological polar surface area (TPSA) is 3.24 Å². The van der Waals surface area contributed by atoms with Gasteiger partial charge in [-0.1, -0.05) is 134 Å². The van der Waals surface area contributed by atoms with Crippen molar-refractivity contribution in [2.45, 2.75) is 13.1 Å². The molecule has 0 saturated heterocycles. The zero-order valence-electron chi connectivity index (χ0n) is 26.4. The molecule has 2 heterocycles. The number of anilines is 3. The first kappa shape index (κ1) is 28.0. The van der Waals surface area contributed by atoms with Crippen LogP contribution in [0.15, 0.2) is 164 Å². The van der Waals surface area contributed by atoms with Crippen LogP contribution in [0.2, 0.25) is 13.1 Å². The fourth-order valence-electron chi connectivity index (χ4n) is 7.46. The van der Waals surface area contributed by atoms with Gasteiger partial charge in [0.2, 0.25) is 0 Å². The van der Waals surface area contributed by atoms with E-state index in [1.807, 2.05) is 11.3 Å². The van der Waals surface area contributed by atoms with Gasteiger partial charge in [0.15, 0.2) is 0 Å². The molecule has 0 amide bonds. The molecule has 0 bridgehead atoms. The number of thiophene rings is 1. The second-order valence-corrected chi connectivity index (χ2v) is 18.4. The van der Waals surface area contributed by atoms with Crippen molar-refractivity contribution in [3.63, 3.8) is 0 Å². The van der Waals surface area contributed by atoms with Crippen LogP contribution in [0.5, 0.6) is 0 Å². The highest BCUT2D eigenvalue weighted by molar-refractivity contribution is 7.26. The third-order valence-corrected chi connectivity index (χ3v) is 14.6. The zero-order valence-corrected chi connectivity index (χ0v) is 28.3. The van der Waals surface area contributed by atoms with Crippen LogP contribution in [-0.2, 0) is 0 Å². The van der Waals surface area contributed by atoms with Gasteiger partial charge in [0, 0.05) is 37.2 Å². The number of rotatable bonds is 5. The Morgan fingerprint density at radius 3 is 1.83 bits per heavy atom. The van der Waals surface area contributed by atoms with E-state index in [1.165, 1.54) is 64.4 Å². The largest absolute Gasteiger partial charge is 0.310 e. The minimum absolute atomic E-state index is 1.15. The lowest BCUT2D eigenvalue weighted by atomic mass is 10.0. The maximum Gasteiger partial charge on any atom is 0.114 e. The number of hydrogen-bond acceptors (Lipinski definition) is 2. The SMILES string of the molecule is C[Si]1(C)c2cc(N(c3ccc(-c4ccccc4)cc3)c3cccc(-c4ccccc4)c3)ccc2-c2c1ccc1c2sc2ccccc21. The summed E-state index contributed by atoms with van der Waals surface area (Å²) in [4.78, 5) is 2.43. The van der Waals surface area contributed by atoms with Gasteiger partial charge < -0.3 is 4.90 Å². The first-order valence-electron chi connectivity index (χ1n) is 16.3. The van der Waals surface area contributed by atoms with E-state index in [2.05, 4.69) is 182 Å². The zero-order chi connectivity index (χ0) is 31.5. The summed E-state index contributed by atoms with van der Waals surface area (Å²) in [5.74, 6) is 0. The summed E-state index contributed by atoms with van der Waals surface area (Å²) < 4.78 is 2.79. The molecular formula is C44H33NSSi. The number of benzene rings is 7. The molecule has 224 valence electrons. The maximum absolute atomic E-state index is 2.52. The summed E-state index contributed by atoms with van der Waals surface area (Å²) in [7, 11) is -1.96. The van der Waals surface area contributed by atoms with Crippen molar-refractivity contribution in [2.24, 2.45) is 0 Å². The van der Waals surface area contributed by atoms with E-state index in [0.717, 1.165) is 11.4 Å². The van der Waals surface area contributed by atoms with E-state index in [-0.39, 0.29) is 0 Å². The van der Waals surface area contributed by atoms with Gasteiger partial charge in [0.25, 0.3) is 0 Å². The summed E-state index contributed by atoms with van der Waals surface area (Å²) in [6.07, 6.45) is 0. The van der Waals surface area contributed by atoms with Crippen molar-refractivity contribution in [1.29, 1.82) is 0 Å². The quantitative estimate of drug-likeness (QED) is 0.170. The third kappa shape index (κ3) is 4.57. The summed E-state index contributed by atoms with van der Waals surface area (Å²) >= 11 is 1.95. The second-order valence-electron chi connectivity index (χ2n) is 13.0. The van der Waals surface area contributed by atoms with Crippen LogP contribution in [0.1, 0.15) is 0 Å². The summed E-state index contributed by atoms with van der Waals surface area (Å²) in [6, 6.07) is 60.2. The van der Waals surface area contributed by atoms with Crippen molar-refractivity contribution < 1.29 is 0 Å². The summed E-state index contributed by atoms with van der Waals surface area (Å²) in [5, 5.41) is 5.81. The highest BCUT2D eigenvalue weighted by Gasteiger charge is 2.39. The molecule has 1 aromatic heterocycles. The molecule has 9 rings (SSSR count). The number of fused-ring (bicyclic) bond motifs is 7. The number of nitrogens with zero attached hydrogens (tertiary/aromatic N) is 1. The van der Waals surface area contributed by atoms with E-state index in [0.29, 0.717) is 0 Å². The molecule has 0 unspecified atom stereocenters. The van der Waals surface area contributed by atoms with Crippen LogP contribution >= 0.6 is 11.3 Å². The normalized spacial score (nSPS) is 13.1. The van der Waals surface area contributed by atoms with Crippen molar-refractivity contribution in [1.82, 2.24) is 0 Å². The van der Waals surface area contributed by atoms with Crippen LogP contribution < -0.4 is 15.3 Å². The molecule has 1 aliphatic heterocycles. The molecule has 3 heteroatoms. The minimum Gasteiger partial charge on any atom is -0.310 e. The van der Waals surface area contributed by atoms with Crippen molar-refractivity contribution in [2.75, 3.05) is 4.90 Å². The Bertz CT molecular complexity index is 2420. The van der Waals surface area contributed by atoms with E-state index in [1.54, 1.807) is 5.19 Å². The van der Waals surface area contributed by atoms with Gasteiger partial charge >= 0.3 is 0 Å². The highest BCUT2D eigenvalue weighted by Crippen LogP contribution is 2.44. The molecule has 7 aromatic carbocycles. The van der Waals surface area contributed by atoms with E-state index >= 15 is 0 Å². The molecule has 0 N–H and O–H groups in total. The molecular weight excluding hydrogens is 603 g/mol. The standard InChI is InChI=1S/C44H33NSSi/c1-47(2)41-27-26-38-37-18-9-10-19-40(37)46-44(38)43(41)39-25-24-36(29-42(39)47)45(34-22-20-32(21-23-34)30-12-5-3-6-13-30)35-17-11-16-33(28-35)31-14-7-4-8-15-31/h3-29H,1-2H3. The lowest BCUT2D eigenvalue weighted by Gasteiger charge is -2.28. The Morgan fingerprint density at radius 2 is 1.06 bits per heavy atom. The monoisotopic (exact) mass is 635 g/mol. The van der Waals surface area contributed by atoms with Gasteiger partial charge in [0.05, 0.1) is 0 Å². The minimum atomic E-state index is -1.96. The second kappa shape index (κ2) is 10.9. The van der Waals surface area contributed by atoms with Gasteiger partial charge in [-0.15, -0.1) is 11.3 Å². The molecule has 8 aromatic rings. The Hall–Kier alpha value is -5.22. The lowest BCUT2D eigenvalue weighted by molar-refractivity contribution is 1.29. The van der Waals surface area contributed by atoms with Gasteiger partial charge in [0.1, 0.15) is 8.07 Å². The van der Waals surface area contributed by atoms with Gasteiger partial charge in [-0.25, -0.2) is 0 Å². The van der Waals surface area contributed by atoms with Crippen LogP contribution in [0.3, 0.4) is 0 Å². The van der Waals surface area contributed by atoms with Gasteiger partial charge in [-0.2, -0.15) is 0 Å². The van der Waals surface area contributed by atoms with Crippen molar-refractivity contribution in [3.05, 3.63) is 164 Å². The van der Waals surface area contributed by atoms with E-state index in [4.69, 9.17) is 0 Å². The first-order chi connectivity index (χ1) is 23.1. The predicted molar refractivity (Wildman–Crippen MR) is 207 cm³/mol. The van der Waals surface area contributed by atoms with Crippen LogP contribution in [0.25, 0.3) is 53.6 Å². The summed E-state index contributed by atoms with van der Waals surface area (Å²) in [6.45, 7) is 5.05. The van der Waals surface area contributed by atoms with E-state index in [9.17, 15) is 0 Å². The van der Waals surface area contributed by atoms with Crippen molar-refractivity contribution in [3.8, 4) is 33.4 Å². The fourth-order valence-corrected chi connectivity index (χ4v) is 11.9. The summed E-state index contributed by atoms with van der Waals surface area (Å²) in [5.41, 5.74) is 11.3. The average Bonchev–Trinajstić information content (AvgIpc) is 3.62. The first-order valence-corrected chi connectivity index (χ1v) is 20.1. The lowest BCUT2D eigenvalue weighted by Crippen LogP contribution is -2.49. The predicted octanol–water partition coefficient (Wildman–Crippen LogP) is 11.7. The number of hydrogen-bond donors (Lipinski definition) is 0. The van der Waals surface area contributed by atoms with E-state index < -0.39 is 8.07 Å². The molecule has 47 heavy (non-hydrogen) atoms. The molecule has 1 nitrogen and oxygen atoms in total. The van der Waals surface area contributed by atoms with Crippen LogP contribution in [-0.4, -0.2) is 8.07 Å². The van der Waals surface area contributed by atoms with Gasteiger partial charge in [-0.3, -0.25) is 0 Å². The molecule has 0 saturated carbocycles. The Kier molecular flexibility index (Phi) is 6.53. The van der Waals surface area contributed by atoms with Crippen LogP contribution in [0.4, 0.5) is 17.1 Å². The molecule has 0 aliphatic carbocycles. The molecule has 0 atom stereocenters. The highest BCUT2D eigenvalue weighted by atomic mass is 32.1. The van der Waals surface area contributed by atoms with Crippen LogP contribution in [0, 0.1) is 0 Å².